The summed E-state index contributed by atoms with van der Waals surface area (Å²) in [5, 5.41) is 0. The largest absolute Gasteiger partial charge is 0.468 e. The summed E-state index contributed by atoms with van der Waals surface area (Å²) in [5.41, 5.74) is 2.98. The third-order valence-electron chi connectivity index (χ3n) is 4.31. The molecular weight excluding hydrogens is 372 g/mol. The number of benzene rings is 2. The van der Waals surface area contributed by atoms with Crippen molar-refractivity contribution in [3.63, 3.8) is 0 Å². The van der Waals surface area contributed by atoms with Crippen LogP contribution in [0.4, 0.5) is 0 Å². The van der Waals surface area contributed by atoms with E-state index in [2.05, 4.69) is 24.9 Å². The number of thiazole rings is 1. The molecule has 3 aromatic rings. The predicted molar refractivity (Wildman–Crippen MR) is 112 cm³/mol. The molecule has 1 amide bonds. The fraction of sp³-hybridized carbons (Fsp3) is 0.227. The van der Waals surface area contributed by atoms with Gasteiger partial charge in [0.25, 0.3) is 5.91 Å². The Hall–Kier alpha value is -2.99. The summed E-state index contributed by atoms with van der Waals surface area (Å²) < 4.78 is 7.51. The Bertz CT molecular complexity index is 1090. The maximum Gasteiger partial charge on any atom is 0.325 e. The van der Waals surface area contributed by atoms with Crippen LogP contribution >= 0.6 is 11.3 Å². The van der Waals surface area contributed by atoms with E-state index in [1.54, 1.807) is 10.6 Å². The summed E-state index contributed by atoms with van der Waals surface area (Å²) in [6.07, 6.45) is 3.16. The van der Waals surface area contributed by atoms with E-state index in [1.165, 1.54) is 30.1 Å². The average Bonchev–Trinajstić information content (AvgIpc) is 3.03. The number of methoxy groups -OCH3 is 1. The summed E-state index contributed by atoms with van der Waals surface area (Å²) in [7, 11) is 1.35. The van der Waals surface area contributed by atoms with E-state index < -0.39 is 0 Å². The fourth-order valence-corrected chi connectivity index (χ4v) is 3.83. The number of aromatic nitrogens is 1. The number of carbonyl (C=O) groups is 2. The lowest BCUT2D eigenvalue weighted by atomic mass is 10.0. The van der Waals surface area contributed by atoms with Crippen LogP contribution in [-0.2, 0) is 20.9 Å². The second kappa shape index (κ2) is 8.80. The molecule has 0 bridgehead atoms. The van der Waals surface area contributed by atoms with Crippen molar-refractivity contribution >= 4 is 39.5 Å². The van der Waals surface area contributed by atoms with Gasteiger partial charge in [0, 0.05) is 6.08 Å². The zero-order valence-electron chi connectivity index (χ0n) is 16.1. The number of hydrogen-bond donors (Lipinski definition) is 0. The van der Waals surface area contributed by atoms with Crippen LogP contribution in [0.1, 0.15) is 30.9 Å². The molecule has 0 radical (unpaired) electrons. The number of fused-ring (bicyclic) bond motifs is 1. The summed E-state index contributed by atoms with van der Waals surface area (Å²) >= 11 is 1.39. The van der Waals surface area contributed by atoms with Crippen LogP contribution < -0.4 is 4.80 Å². The van der Waals surface area contributed by atoms with Crippen LogP contribution in [0.25, 0.3) is 16.3 Å². The van der Waals surface area contributed by atoms with E-state index in [0.29, 0.717) is 10.7 Å². The molecule has 0 fully saturated rings. The molecule has 3 rings (SSSR count). The van der Waals surface area contributed by atoms with Gasteiger partial charge in [-0.25, -0.2) is 0 Å². The van der Waals surface area contributed by atoms with E-state index >= 15 is 0 Å². The minimum atomic E-state index is -0.388. The zero-order chi connectivity index (χ0) is 20.1. The lowest BCUT2D eigenvalue weighted by Crippen LogP contribution is -2.22. The predicted octanol–water partition coefficient (Wildman–Crippen LogP) is 4.14. The summed E-state index contributed by atoms with van der Waals surface area (Å²) in [5.74, 6) is -0.379. The van der Waals surface area contributed by atoms with Gasteiger partial charge in [0.1, 0.15) is 6.54 Å². The van der Waals surface area contributed by atoms with Gasteiger partial charge in [-0.3, -0.25) is 9.59 Å². The van der Waals surface area contributed by atoms with E-state index in [4.69, 9.17) is 4.74 Å². The monoisotopic (exact) mass is 394 g/mol. The normalized spacial score (nSPS) is 12.2. The van der Waals surface area contributed by atoms with E-state index in [0.717, 1.165) is 15.8 Å². The third kappa shape index (κ3) is 4.64. The second-order valence-corrected chi connectivity index (χ2v) is 7.63. The van der Waals surface area contributed by atoms with Crippen LogP contribution in [-0.4, -0.2) is 23.6 Å². The number of esters is 1. The van der Waals surface area contributed by atoms with Crippen LogP contribution in [0, 0.1) is 0 Å². The first-order valence-electron chi connectivity index (χ1n) is 9.00. The number of hydrogen-bond acceptors (Lipinski definition) is 4. The molecule has 0 aliphatic rings. The average molecular weight is 394 g/mol. The molecule has 0 atom stereocenters. The van der Waals surface area contributed by atoms with Crippen molar-refractivity contribution in [3.05, 3.63) is 70.5 Å². The van der Waals surface area contributed by atoms with Gasteiger partial charge >= 0.3 is 5.97 Å². The molecule has 0 saturated heterocycles. The van der Waals surface area contributed by atoms with E-state index in [-0.39, 0.29) is 18.4 Å². The summed E-state index contributed by atoms with van der Waals surface area (Å²) in [6, 6.07) is 15.6. The van der Waals surface area contributed by atoms with Crippen molar-refractivity contribution in [3.8, 4) is 0 Å². The maximum absolute atomic E-state index is 12.4. The van der Waals surface area contributed by atoms with E-state index in [9.17, 15) is 9.59 Å². The fourth-order valence-electron chi connectivity index (χ4n) is 2.74. The van der Waals surface area contributed by atoms with Gasteiger partial charge in [0.2, 0.25) is 0 Å². The lowest BCUT2D eigenvalue weighted by Gasteiger charge is -2.06. The van der Waals surface area contributed by atoms with Gasteiger partial charge < -0.3 is 9.30 Å². The molecule has 1 heterocycles. The van der Waals surface area contributed by atoms with E-state index in [1.807, 2.05) is 42.5 Å². The minimum Gasteiger partial charge on any atom is -0.468 e. The first kappa shape index (κ1) is 19.8. The van der Waals surface area contributed by atoms with Gasteiger partial charge in [-0.2, -0.15) is 4.99 Å². The van der Waals surface area contributed by atoms with Gasteiger partial charge in [-0.1, -0.05) is 61.6 Å². The highest BCUT2D eigenvalue weighted by atomic mass is 32.1. The quantitative estimate of drug-likeness (QED) is 0.483. The third-order valence-corrected chi connectivity index (χ3v) is 5.35. The molecule has 0 aliphatic heterocycles. The Balaban J connectivity index is 2.03. The molecule has 0 aliphatic carbocycles. The summed E-state index contributed by atoms with van der Waals surface area (Å²) in [4.78, 5) is 28.9. The first-order chi connectivity index (χ1) is 13.5. The van der Waals surface area contributed by atoms with Crippen molar-refractivity contribution in [2.75, 3.05) is 7.11 Å². The Morgan fingerprint density at radius 3 is 2.61 bits per heavy atom. The van der Waals surface area contributed by atoms with Gasteiger partial charge in [-0.15, -0.1) is 0 Å². The highest BCUT2D eigenvalue weighted by molar-refractivity contribution is 7.16. The first-order valence-corrected chi connectivity index (χ1v) is 9.81. The number of ether oxygens (including phenoxy) is 1. The molecular formula is C22H22N2O3S. The Labute approximate surface area is 167 Å². The molecule has 2 aromatic carbocycles. The SMILES string of the molecule is COC(=O)Cn1c(=NC(=O)/C=C/c2ccccc2)sc2cc(C(C)C)ccc21. The van der Waals surface area contributed by atoms with Gasteiger partial charge in [-0.05, 0) is 35.3 Å². The van der Waals surface area contributed by atoms with Crippen molar-refractivity contribution in [1.82, 2.24) is 4.57 Å². The van der Waals surface area contributed by atoms with Crippen molar-refractivity contribution in [2.45, 2.75) is 26.3 Å². The molecule has 144 valence electrons. The minimum absolute atomic E-state index is 0.00599. The van der Waals surface area contributed by atoms with Gasteiger partial charge in [0.15, 0.2) is 4.80 Å². The molecule has 0 unspecified atom stereocenters. The number of amides is 1. The van der Waals surface area contributed by atoms with Crippen molar-refractivity contribution in [2.24, 2.45) is 4.99 Å². The second-order valence-electron chi connectivity index (χ2n) is 6.62. The highest BCUT2D eigenvalue weighted by Gasteiger charge is 2.12. The molecule has 28 heavy (non-hydrogen) atoms. The smallest absolute Gasteiger partial charge is 0.325 e. The molecule has 5 nitrogen and oxygen atoms in total. The van der Waals surface area contributed by atoms with Crippen LogP contribution in [0.2, 0.25) is 0 Å². The maximum atomic E-state index is 12.4. The van der Waals surface area contributed by atoms with Crippen molar-refractivity contribution in [1.29, 1.82) is 0 Å². The number of nitrogens with zero attached hydrogens (tertiary/aromatic N) is 2. The molecule has 0 saturated carbocycles. The Kier molecular flexibility index (Phi) is 6.21. The standard InChI is InChI=1S/C22H22N2O3S/c1-15(2)17-10-11-18-19(13-17)28-22(24(18)14-21(26)27-3)23-20(25)12-9-16-7-5-4-6-8-16/h4-13,15H,14H2,1-3H3/b12-9+,23-22?. The zero-order valence-corrected chi connectivity index (χ0v) is 16.9. The topological polar surface area (TPSA) is 60.7 Å². The molecule has 0 N–H and O–H groups in total. The van der Waals surface area contributed by atoms with Crippen LogP contribution in [0.15, 0.2) is 59.6 Å². The van der Waals surface area contributed by atoms with Crippen LogP contribution in [0.5, 0.6) is 0 Å². The molecule has 0 spiro atoms. The van der Waals surface area contributed by atoms with Crippen LogP contribution in [0.3, 0.4) is 0 Å². The summed E-state index contributed by atoms with van der Waals surface area (Å²) in [6.45, 7) is 4.26. The number of carbonyl (C=O) groups excluding carboxylic acids is 2. The Morgan fingerprint density at radius 2 is 1.93 bits per heavy atom. The molecule has 6 heteroatoms. The van der Waals surface area contributed by atoms with Crippen molar-refractivity contribution < 1.29 is 14.3 Å². The lowest BCUT2D eigenvalue weighted by molar-refractivity contribution is -0.141. The Morgan fingerprint density at radius 1 is 1.18 bits per heavy atom. The molecule has 1 aromatic heterocycles. The van der Waals surface area contributed by atoms with Gasteiger partial charge in [0.05, 0.1) is 17.3 Å². The highest BCUT2D eigenvalue weighted by Crippen LogP contribution is 2.23. The number of rotatable bonds is 5.